The van der Waals surface area contributed by atoms with Crippen LogP contribution in [0.25, 0.3) is 0 Å². The Morgan fingerprint density at radius 2 is 2.00 bits per heavy atom. The molecule has 0 bridgehead atoms. The van der Waals surface area contributed by atoms with Crippen LogP contribution in [0.15, 0.2) is 23.1 Å². The molecule has 1 saturated carbocycles. The van der Waals surface area contributed by atoms with Crippen LogP contribution in [0, 0.1) is 5.92 Å². The SMILES string of the molecule is C[C@@H](NS(=O)(=O)c1cccc(Cl)c1Cl)C1CC1. The van der Waals surface area contributed by atoms with E-state index < -0.39 is 10.0 Å². The number of halogens is 2. The number of hydrogen-bond donors (Lipinski definition) is 1. The van der Waals surface area contributed by atoms with Crippen LogP contribution in [-0.4, -0.2) is 14.5 Å². The van der Waals surface area contributed by atoms with Crippen molar-refractivity contribution in [3.63, 3.8) is 0 Å². The smallest absolute Gasteiger partial charge is 0.208 e. The van der Waals surface area contributed by atoms with Crippen LogP contribution in [-0.2, 0) is 10.0 Å². The summed E-state index contributed by atoms with van der Waals surface area (Å²) in [5, 5.41) is 0.318. The van der Waals surface area contributed by atoms with Crippen LogP contribution in [0.5, 0.6) is 0 Å². The Hall–Kier alpha value is -0.290. The highest BCUT2D eigenvalue weighted by Crippen LogP contribution is 2.34. The van der Waals surface area contributed by atoms with Crippen molar-refractivity contribution >= 4 is 33.2 Å². The van der Waals surface area contributed by atoms with Crippen LogP contribution in [0.3, 0.4) is 0 Å². The van der Waals surface area contributed by atoms with Crippen molar-refractivity contribution in [2.24, 2.45) is 5.92 Å². The Kier molecular flexibility index (Phi) is 3.69. The van der Waals surface area contributed by atoms with E-state index in [1.54, 1.807) is 12.1 Å². The molecule has 2 rings (SSSR count). The van der Waals surface area contributed by atoms with Gasteiger partial charge < -0.3 is 0 Å². The van der Waals surface area contributed by atoms with Gasteiger partial charge in [0.15, 0.2) is 0 Å². The highest BCUT2D eigenvalue weighted by molar-refractivity contribution is 7.89. The first kappa shape index (κ1) is 13.1. The molecule has 1 atom stereocenters. The number of rotatable bonds is 4. The third kappa shape index (κ3) is 2.94. The Bertz CT molecular complexity index is 526. The highest BCUT2D eigenvalue weighted by Gasteiger charge is 2.32. The highest BCUT2D eigenvalue weighted by atomic mass is 35.5. The second-order valence-electron chi connectivity index (χ2n) is 4.30. The summed E-state index contributed by atoms with van der Waals surface area (Å²) in [7, 11) is -3.58. The largest absolute Gasteiger partial charge is 0.242 e. The first-order valence-corrected chi connectivity index (χ1v) is 7.62. The van der Waals surface area contributed by atoms with Gasteiger partial charge in [-0.2, -0.15) is 0 Å². The van der Waals surface area contributed by atoms with Crippen LogP contribution >= 0.6 is 23.2 Å². The molecule has 17 heavy (non-hydrogen) atoms. The van der Waals surface area contributed by atoms with E-state index in [9.17, 15) is 8.42 Å². The van der Waals surface area contributed by atoms with E-state index in [4.69, 9.17) is 23.2 Å². The molecule has 1 aliphatic rings. The lowest BCUT2D eigenvalue weighted by molar-refractivity contribution is 0.538. The minimum Gasteiger partial charge on any atom is -0.208 e. The third-order valence-corrected chi connectivity index (χ3v) is 5.41. The molecule has 0 aromatic heterocycles. The zero-order chi connectivity index (χ0) is 12.6. The van der Waals surface area contributed by atoms with Gasteiger partial charge in [0, 0.05) is 6.04 Å². The quantitative estimate of drug-likeness (QED) is 0.927. The maximum atomic E-state index is 12.1. The molecule has 0 radical (unpaired) electrons. The summed E-state index contributed by atoms with van der Waals surface area (Å²) in [6, 6.07) is 4.53. The lowest BCUT2D eigenvalue weighted by atomic mass is 10.2. The molecule has 1 fully saturated rings. The molecular weight excluding hydrogens is 281 g/mol. The van der Waals surface area contributed by atoms with Gasteiger partial charge in [-0.1, -0.05) is 29.3 Å². The van der Waals surface area contributed by atoms with Gasteiger partial charge in [-0.15, -0.1) is 0 Å². The monoisotopic (exact) mass is 293 g/mol. The van der Waals surface area contributed by atoms with Gasteiger partial charge in [0.05, 0.1) is 10.0 Å². The van der Waals surface area contributed by atoms with Gasteiger partial charge in [-0.25, -0.2) is 13.1 Å². The van der Waals surface area contributed by atoms with Crippen molar-refractivity contribution in [2.75, 3.05) is 0 Å². The van der Waals surface area contributed by atoms with Crippen LogP contribution < -0.4 is 4.72 Å². The molecule has 0 spiro atoms. The summed E-state index contributed by atoms with van der Waals surface area (Å²) < 4.78 is 26.8. The zero-order valence-corrected chi connectivity index (χ0v) is 11.6. The van der Waals surface area contributed by atoms with E-state index >= 15 is 0 Å². The predicted octanol–water partition coefficient (Wildman–Crippen LogP) is 3.07. The zero-order valence-electron chi connectivity index (χ0n) is 9.28. The summed E-state index contributed by atoms with van der Waals surface area (Å²) >= 11 is 11.7. The van der Waals surface area contributed by atoms with Crippen LogP contribution in [0.1, 0.15) is 19.8 Å². The van der Waals surface area contributed by atoms with Crippen LogP contribution in [0.4, 0.5) is 0 Å². The van der Waals surface area contributed by atoms with Gasteiger partial charge in [-0.3, -0.25) is 0 Å². The molecule has 1 N–H and O–H groups in total. The van der Waals surface area contributed by atoms with Crippen molar-refractivity contribution in [1.82, 2.24) is 4.72 Å². The van der Waals surface area contributed by atoms with Gasteiger partial charge in [0.2, 0.25) is 10.0 Å². The van der Waals surface area contributed by atoms with E-state index in [1.165, 1.54) is 6.07 Å². The lowest BCUT2D eigenvalue weighted by Gasteiger charge is -2.14. The van der Waals surface area contributed by atoms with Gasteiger partial charge in [0.25, 0.3) is 0 Å². The molecule has 0 saturated heterocycles. The topological polar surface area (TPSA) is 46.2 Å². The summed E-state index contributed by atoms with van der Waals surface area (Å²) in [5.41, 5.74) is 0. The fraction of sp³-hybridized carbons (Fsp3) is 0.455. The van der Waals surface area contributed by atoms with Crippen molar-refractivity contribution in [1.29, 1.82) is 0 Å². The average molecular weight is 294 g/mol. The van der Waals surface area contributed by atoms with E-state index in [2.05, 4.69) is 4.72 Å². The number of benzene rings is 1. The molecule has 3 nitrogen and oxygen atoms in total. The van der Waals surface area contributed by atoms with E-state index in [0.717, 1.165) is 12.8 Å². The molecule has 0 unspecified atom stereocenters. The fourth-order valence-electron chi connectivity index (χ4n) is 1.69. The van der Waals surface area contributed by atoms with Crippen molar-refractivity contribution in [2.45, 2.75) is 30.7 Å². The van der Waals surface area contributed by atoms with E-state index in [0.29, 0.717) is 5.92 Å². The normalized spacial score (nSPS) is 18.1. The maximum absolute atomic E-state index is 12.1. The first-order chi connectivity index (χ1) is 7.92. The molecule has 1 aliphatic carbocycles. The summed E-state index contributed by atoms with van der Waals surface area (Å²) in [4.78, 5) is 0.0409. The Balaban J connectivity index is 2.27. The molecule has 0 heterocycles. The third-order valence-electron chi connectivity index (χ3n) is 2.88. The van der Waals surface area contributed by atoms with Crippen molar-refractivity contribution in [3.05, 3.63) is 28.2 Å². The van der Waals surface area contributed by atoms with Gasteiger partial charge >= 0.3 is 0 Å². The second-order valence-corrected chi connectivity index (χ2v) is 6.77. The average Bonchev–Trinajstić information content (AvgIpc) is 3.04. The molecule has 1 aromatic rings. The second kappa shape index (κ2) is 4.76. The van der Waals surface area contributed by atoms with Crippen molar-refractivity contribution in [3.8, 4) is 0 Å². The standard InChI is InChI=1S/C11H13Cl2NO2S/c1-7(8-5-6-8)14-17(15,16)10-4-2-3-9(12)11(10)13/h2-4,7-8,14H,5-6H2,1H3/t7-/m1/s1. The minimum atomic E-state index is -3.58. The molecule has 94 valence electrons. The number of nitrogens with one attached hydrogen (secondary N) is 1. The Morgan fingerprint density at radius 3 is 2.59 bits per heavy atom. The van der Waals surface area contributed by atoms with E-state index in [-0.39, 0.29) is 21.0 Å². The summed E-state index contributed by atoms with van der Waals surface area (Å²) in [5.74, 6) is 0.447. The molecule has 6 heteroatoms. The molecular formula is C11H13Cl2NO2S. The Labute approximate surface area is 111 Å². The molecule has 1 aromatic carbocycles. The van der Waals surface area contributed by atoms with Gasteiger partial charge in [0.1, 0.15) is 4.90 Å². The van der Waals surface area contributed by atoms with Crippen LogP contribution in [0.2, 0.25) is 10.0 Å². The molecule has 0 aliphatic heterocycles. The van der Waals surface area contributed by atoms with Crippen molar-refractivity contribution < 1.29 is 8.42 Å². The fourth-order valence-corrected chi connectivity index (χ4v) is 3.77. The van der Waals surface area contributed by atoms with Gasteiger partial charge in [-0.05, 0) is 37.8 Å². The minimum absolute atomic E-state index is 0.0409. The Morgan fingerprint density at radius 1 is 1.35 bits per heavy atom. The maximum Gasteiger partial charge on any atom is 0.242 e. The summed E-state index contributed by atoms with van der Waals surface area (Å²) in [6.45, 7) is 1.87. The number of sulfonamides is 1. The number of hydrogen-bond acceptors (Lipinski definition) is 2. The lowest BCUT2D eigenvalue weighted by Crippen LogP contribution is -2.34. The van der Waals surface area contributed by atoms with E-state index in [1.807, 2.05) is 6.92 Å². The first-order valence-electron chi connectivity index (χ1n) is 5.38. The predicted molar refractivity (Wildman–Crippen MR) is 69.0 cm³/mol. The molecule has 0 amide bonds. The summed E-state index contributed by atoms with van der Waals surface area (Å²) in [6.07, 6.45) is 2.15.